The summed E-state index contributed by atoms with van der Waals surface area (Å²) in [7, 11) is 1.43. The van der Waals surface area contributed by atoms with Gasteiger partial charge in [0.15, 0.2) is 11.5 Å². The van der Waals surface area contributed by atoms with Crippen molar-refractivity contribution < 1.29 is 19.4 Å². The van der Waals surface area contributed by atoms with Crippen LogP contribution in [-0.2, 0) is 13.0 Å². The number of thiophene rings is 1. The van der Waals surface area contributed by atoms with Crippen LogP contribution in [0.15, 0.2) is 47.8 Å². The first-order valence-corrected chi connectivity index (χ1v) is 10.5. The molecule has 1 aliphatic rings. The molecule has 3 aromatic rings. The number of fused-ring (bicyclic) bond motifs is 1. The van der Waals surface area contributed by atoms with Crippen molar-refractivity contribution in [2.75, 3.05) is 19.0 Å². The molecule has 0 atom stereocenters. The van der Waals surface area contributed by atoms with E-state index >= 15 is 0 Å². The van der Waals surface area contributed by atoms with Gasteiger partial charge in [-0.2, -0.15) is 0 Å². The van der Waals surface area contributed by atoms with Gasteiger partial charge >= 0.3 is 0 Å². The minimum absolute atomic E-state index is 0.0512. The predicted molar refractivity (Wildman–Crippen MR) is 117 cm³/mol. The van der Waals surface area contributed by atoms with Crippen LogP contribution < -0.4 is 10.1 Å². The van der Waals surface area contributed by atoms with Gasteiger partial charge in [0, 0.05) is 29.2 Å². The molecule has 0 saturated carbocycles. The number of nitrogens with one attached hydrogen (secondary N) is 1. The molecule has 30 heavy (non-hydrogen) atoms. The Hall–Kier alpha value is -3.32. The second kappa shape index (κ2) is 8.20. The minimum atomic E-state index is -0.472. The zero-order valence-electron chi connectivity index (χ0n) is 16.8. The molecular weight excluding hydrogens is 400 g/mol. The molecule has 0 bridgehead atoms. The van der Waals surface area contributed by atoms with Gasteiger partial charge in [0.1, 0.15) is 0 Å². The molecule has 1 aromatic heterocycles. The van der Waals surface area contributed by atoms with Gasteiger partial charge in [-0.1, -0.05) is 12.1 Å². The van der Waals surface area contributed by atoms with Crippen LogP contribution in [0.1, 0.15) is 36.7 Å². The van der Waals surface area contributed by atoms with Crippen molar-refractivity contribution >= 4 is 28.8 Å². The molecule has 2 aromatic carbocycles. The summed E-state index contributed by atoms with van der Waals surface area (Å²) in [4.78, 5) is 29.1. The molecule has 0 fully saturated rings. The SMILES string of the molecule is COc1cccc(C(=O)Nc2cccc(C(=O)N3CCc4sccc4C3)c2C)c1O. The van der Waals surface area contributed by atoms with E-state index in [9.17, 15) is 14.7 Å². The molecule has 1 aliphatic heterocycles. The van der Waals surface area contributed by atoms with Gasteiger partial charge in [0.05, 0.1) is 12.7 Å². The highest BCUT2D eigenvalue weighted by Gasteiger charge is 2.24. The monoisotopic (exact) mass is 422 g/mol. The Kier molecular flexibility index (Phi) is 5.46. The number of ether oxygens (including phenoxy) is 1. The smallest absolute Gasteiger partial charge is 0.259 e. The molecule has 0 saturated heterocycles. The van der Waals surface area contributed by atoms with Gasteiger partial charge in [0.2, 0.25) is 0 Å². The molecule has 2 amide bonds. The van der Waals surface area contributed by atoms with Gasteiger partial charge in [-0.25, -0.2) is 0 Å². The van der Waals surface area contributed by atoms with E-state index in [1.54, 1.807) is 41.7 Å². The van der Waals surface area contributed by atoms with Crippen LogP contribution in [0.5, 0.6) is 11.5 Å². The summed E-state index contributed by atoms with van der Waals surface area (Å²) < 4.78 is 5.07. The number of nitrogens with zero attached hydrogens (tertiary/aromatic N) is 1. The number of hydrogen-bond acceptors (Lipinski definition) is 5. The summed E-state index contributed by atoms with van der Waals surface area (Å²) in [6.07, 6.45) is 0.864. The highest BCUT2D eigenvalue weighted by Crippen LogP contribution is 2.31. The number of phenols is 1. The lowest BCUT2D eigenvalue weighted by molar-refractivity contribution is 0.0735. The fourth-order valence-electron chi connectivity index (χ4n) is 3.65. The van der Waals surface area contributed by atoms with Crippen LogP contribution in [0.4, 0.5) is 5.69 Å². The number of carbonyl (C=O) groups excluding carboxylic acids is 2. The van der Waals surface area contributed by atoms with Crippen LogP contribution >= 0.6 is 11.3 Å². The highest BCUT2D eigenvalue weighted by molar-refractivity contribution is 7.10. The van der Waals surface area contributed by atoms with E-state index in [0.717, 1.165) is 6.42 Å². The zero-order valence-corrected chi connectivity index (χ0v) is 17.6. The van der Waals surface area contributed by atoms with Gasteiger partial charge in [-0.05, 0) is 60.2 Å². The van der Waals surface area contributed by atoms with Gasteiger partial charge in [-0.15, -0.1) is 11.3 Å². The van der Waals surface area contributed by atoms with E-state index in [-0.39, 0.29) is 23.0 Å². The maximum absolute atomic E-state index is 13.2. The fraction of sp³-hybridized carbons (Fsp3) is 0.217. The van der Waals surface area contributed by atoms with Crippen molar-refractivity contribution in [3.8, 4) is 11.5 Å². The first-order valence-electron chi connectivity index (χ1n) is 9.61. The Morgan fingerprint density at radius 3 is 2.70 bits per heavy atom. The van der Waals surface area contributed by atoms with Crippen molar-refractivity contribution in [3.63, 3.8) is 0 Å². The summed E-state index contributed by atoms with van der Waals surface area (Å²) >= 11 is 1.73. The standard InChI is InChI=1S/C23H22N2O4S/c1-14-16(23(28)25-11-9-20-15(13-25)10-12-30-20)5-3-7-18(14)24-22(27)17-6-4-8-19(29-2)21(17)26/h3-8,10,12,26H,9,11,13H2,1-2H3,(H,24,27). The number of carbonyl (C=O) groups is 2. The average Bonchev–Trinajstić information content (AvgIpc) is 3.22. The van der Waals surface area contributed by atoms with Crippen LogP contribution in [-0.4, -0.2) is 35.5 Å². The predicted octanol–water partition coefficient (Wildman–Crippen LogP) is 4.22. The normalized spacial score (nSPS) is 12.9. The number of methoxy groups -OCH3 is 1. The molecule has 4 rings (SSSR count). The molecule has 154 valence electrons. The Morgan fingerprint density at radius 1 is 1.13 bits per heavy atom. The second-order valence-electron chi connectivity index (χ2n) is 7.13. The molecule has 0 radical (unpaired) electrons. The Bertz CT molecular complexity index is 1120. The minimum Gasteiger partial charge on any atom is -0.504 e. The Morgan fingerprint density at radius 2 is 1.90 bits per heavy atom. The van der Waals surface area contributed by atoms with Crippen molar-refractivity contribution in [2.45, 2.75) is 19.9 Å². The van der Waals surface area contributed by atoms with E-state index in [2.05, 4.69) is 16.8 Å². The summed E-state index contributed by atoms with van der Waals surface area (Å²) in [6.45, 7) is 3.10. The average molecular weight is 423 g/mol. The first-order chi connectivity index (χ1) is 14.5. The third-order valence-corrected chi connectivity index (χ3v) is 6.39. The zero-order chi connectivity index (χ0) is 21.3. The van der Waals surface area contributed by atoms with Crippen LogP contribution in [0, 0.1) is 6.92 Å². The second-order valence-corrected chi connectivity index (χ2v) is 8.14. The largest absolute Gasteiger partial charge is 0.504 e. The molecular formula is C23H22N2O4S. The van der Waals surface area contributed by atoms with E-state index in [4.69, 9.17) is 4.74 Å². The Balaban J connectivity index is 1.56. The number of para-hydroxylation sites is 1. The molecule has 6 nitrogen and oxygen atoms in total. The lowest BCUT2D eigenvalue weighted by Crippen LogP contribution is -2.35. The van der Waals surface area contributed by atoms with Gasteiger partial charge in [-0.3, -0.25) is 9.59 Å². The maximum Gasteiger partial charge on any atom is 0.259 e. The summed E-state index contributed by atoms with van der Waals surface area (Å²) in [5.41, 5.74) is 3.08. The van der Waals surface area contributed by atoms with Crippen LogP contribution in [0.3, 0.4) is 0 Å². The van der Waals surface area contributed by atoms with E-state index in [1.165, 1.54) is 23.6 Å². The van der Waals surface area contributed by atoms with E-state index < -0.39 is 5.91 Å². The lowest BCUT2D eigenvalue weighted by atomic mass is 10.0. The fourth-order valence-corrected chi connectivity index (χ4v) is 4.54. The number of anilines is 1. The highest BCUT2D eigenvalue weighted by atomic mass is 32.1. The molecule has 7 heteroatoms. The van der Waals surface area contributed by atoms with Crippen LogP contribution in [0.25, 0.3) is 0 Å². The summed E-state index contributed by atoms with van der Waals surface area (Å²) in [5, 5.41) is 15.1. The quantitative estimate of drug-likeness (QED) is 0.660. The number of phenolic OH excluding ortho intramolecular Hbond substituents is 1. The van der Waals surface area contributed by atoms with Crippen molar-refractivity contribution in [3.05, 3.63) is 75.0 Å². The van der Waals surface area contributed by atoms with Crippen molar-refractivity contribution in [1.82, 2.24) is 4.90 Å². The summed E-state index contributed by atoms with van der Waals surface area (Å²) in [6, 6.07) is 12.1. The van der Waals surface area contributed by atoms with Crippen molar-refractivity contribution in [1.29, 1.82) is 0 Å². The van der Waals surface area contributed by atoms with Crippen LogP contribution in [0.2, 0.25) is 0 Å². The molecule has 0 spiro atoms. The number of aromatic hydroxyl groups is 1. The third kappa shape index (κ3) is 3.64. The molecule has 0 unspecified atom stereocenters. The number of benzene rings is 2. The molecule has 2 heterocycles. The summed E-state index contributed by atoms with van der Waals surface area (Å²) in [5.74, 6) is -0.520. The van der Waals surface area contributed by atoms with Gasteiger partial charge < -0.3 is 20.1 Å². The Labute approximate surface area is 178 Å². The van der Waals surface area contributed by atoms with Crippen molar-refractivity contribution in [2.24, 2.45) is 0 Å². The van der Waals surface area contributed by atoms with E-state index in [0.29, 0.717) is 29.9 Å². The van der Waals surface area contributed by atoms with Gasteiger partial charge in [0.25, 0.3) is 11.8 Å². The number of rotatable bonds is 4. The maximum atomic E-state index is 13.2. The lowest BCUT2D eigenvalue weighted by Gasteiger charge is -2.28. The molecule has 2 N–H and O–H groups in total. The topological polar surface area (TPSA) is 78.9 Å². The first kappa shape index (κ1) is 20.0. The number of amides is 2. The van der Waals surface area contributed by atoms with E-state index in [1.807, 2.05) is 11.8 Å². The third-order valence-electron chi connectivity index (χ3n) is 5.37. The number of hydrogen-bond donors (Lipinski definition) is 2. The molecule has 0 aliphatic carbocycles.